The van der Waals surface area contributed by atoms with Crippen molar-refractivity contribution in [3.63, 3.8) is 0 Å². The topological polar surface area (TPSA) is 41.3 Å². The van der Waals surface area contributed by atoms with Gasteiger partial charge in [-0.15, -0.1) is 0 Å². The molecule has 2 atom stereocenters. The molecular weight excluding hydrogens is 214 g/mol. The van der Waals surface area contributed by atoms with E-state index >= 15 is 0 Å². The van der Waals surface area contributed by atoms with Gasteiger partial charge < -0.3 is 4.42 Å². The highest BCUT2D eigenvalue weighted by Gasteiger charge is 2.24. The van der Waals surface area contributed by atoms with Gasteiger partial charge in [0.05, 0.1) is 12.2 Å². The third-order valence-corrected chi connectivity index (χ3v) is 3.68. The molecule has 1 saturated heterocycles. The summed E-state index contributed by atoms with van der Waals surface area (Å²) in [6.07, 6.45) is 3.86. The fourth-order valence-electron chi connectivity index (χ4n) is 2.51. The number of rotatable bonds is 3. The Bertz CT molecular complexity index is 345. The van der Waals surface area contributed by atoms with Gasteiger partial charge in [-0.2, -0.15) is 0 Å². The standard InChI is InChI=1S/C13H23N3O/c1-9-6-5-7-10(2)16(9)14-8-13-15-11(3)12(4)17-13/h9-10,14H,5-8H2,1-4H3. The monoisotopic (exact) mass is 237 g/mol. The summed E-state index contributed by atoms with van der Waals surface area (Å²) in [4.78, 5) is 4.39. The molecule has 0 spiro atoms. The van der Waals surface area contributed by atoms with Gasteiger partial charge in [0.1, 0.15) is 5.76 Å². The molecule has 2 rings (SSSR count). The van der Waals surface area contributed by atoms with E-state index in [0.29, 0.717) is 18.6 Å². The van der Waals surface area contributed by atoms with Gasteiger partial charge in [0.2, 0.25) is 5.89 Å². The molecule has 1 N–H and O–H groups in total. The Hall–Kier alpha value is -0.870. The maximum atomic E-state index is 5.58. The van der Waals surface area contributed by atoms with Gasteiger partial charge in [0, 0.05) is 12.1 Å². The minimum absolute atomic E-state index is 0.593. The van der Waals surface area contributed by atoms with Crippen molar-refractivity contribution in [1.82, 2.24) is 15.4 Å². The van der Waals surface area contributed by atoms with Crippen LogP contribution in [0.25, 0.3) is 0 Å². The number of hydrogen-bond donors (Lipinski definition) is 1. The second-order valence-corrected chi connectivity index (χ2v) is 5.12. The molecule has 0 radical (unpaired) electrons. The van der Waals surface area contributed by atoms with Gasteiger partial charge in [-0.3, -0.25) is 0 Å². The van der Waals surface area contributed by atoms with Crippen molar-refractivity contribution in [3.8, 4) is 0 Å². The number of oxazole rings is 1. The Morgan fingerprint density at radius 3 is 2.47 bits per heavy atom. The smallest absolute Gasteiger partial charge is 0.209 e. The van der Waals surface area contributed by atoms with Gasteiger partial charge in [-0.1, -0.05) is 6.42 Å². The Morgan fingerprint density at radius 1 is 1.29 bits per heavy atom. The van der Waals surface area contributed by atoms with Crippen LogP contribution in [0.4, 0.5) is 0 Å². The maximum Gasteiger partial charge on any atom is 0.209 e. The quantitative estimate of drug-likeness (QED) is 0.877. The maximum absolute atomic E-state index is 5.58. The van der Waals surface area contributed by atoms with Crippen LogP contribution in [-0.2, 0) is 6.54 Å². The zero-order valence-electron chi connectivity index (χ0n) is 11.3. The summed E-state index contributed by atoms with van der Waals surface area (Å²) < 4.78 is 5.58. The highest BCUT2D eigenvalue weighted by atomic mass is 16.4. The Balaban J connectivity index is 1.92. The van der Waals surface area contributed by atoms with Crippen LogP contribution in [-0.4, -0.2) is 22.1 Å². The molecular formula is C13H23N3O. The minimum Gasteiger partial charge on any atom is -0.444 e. The van der Waals surface area contributed by atoms with E-state index < -0.39 is 0 Å². The van der Waals surface area contributed by atoms with Crippen molar-refractivity contribution in [3.05, 3.63) is 17.3 Å². The molecule has 17 heavy (non-hydrogen) atoms. The second-order valence-electron chi connectivity index (χ2n) is 5.12. The van der Waals surface area contributed by atoms with E-state index in [9.17, 15) is 0 Å². The summed E-state index contributed by atoms with van der Waals surface area (Å²) in [6.45, 7) is 9.17. The van der Waals surface area contributed by atoms with Crippen LogP contribution in [0.5, 0.6) is 0 Å². The number of aromatic nitrogens is 1. The lowest BCUT2D eigenvalue weighted by Gasteiger charge is -2.38. The van der Waals surface area contributed by atoms with Crippen LogP contribution in [0, 0.1) is 13.8 Å². The molecule has 1 aromatic heterocycles. The molecule has 0 bridgehead atoms. The van der Waals surface area contributed by atoms with Crippen LogP contribution in [0.1, 0.15) is 50.5 Å². The van der Waals surface area contributed by atoms with E-state index in [2.05, 4.69) is 29.3 Å². The number of piperidine rings is 1. The number of nitrogens with zero attached hydrogens (tertiary/aromatic N) is 2. The fourth-order valence-corrected chi connectivity index (χ4v) is 2.51. The molecule has 1 aliphatic rings. The van der Waals surface area contributed by atoms with E-state index in [-0.39, 0.29) is 0 Å². The van der Waals surface area contributed by atoms with E-state index in [0.717, 1.165) is 17.3 Å². The summed E-state index contributed by atoms with van der Waals surface area (Å²) in [5, 5.41) is 2.35. The Labute approximate surface area is 103 Å². The molecule has 96 valence electrons. The zero-order valence-corrected chi connectivity index (χ0v) is 11.3. The average molecular weight is 237 g/mol. The zero-order chi connectivity index (χ0) is 12.4. The van der Waals surface area contributed by atoms with Crippen LogP contribution >= 0.6 is 0 Å². The van der Waals surface area contributed by atoms with Crippen LogP contribution in [0.15, 0.2) is 4.42 Å². The average Bonchev–Trinajstić information content (AvgIpc) is 2.58. The molecule has 0 amide bonds. The molecule has 0 saturated carbocycles. The van der Waals surface area contributed by atoms with Crippen molar-refractivity contribution >= 4 is 0 Å². The summed E-state index contributed by atoms with van der Waals surface area (Å²) in [5.41, 5.74) is 4.44. The number of hydrazine groups is 1. The predicted molar refractivity (Wildman–Crippen MR) is 67.4 cm³/mol. The molecule has 4 heteroatoms. The summed E-state index contributed by atoms with van der Waals surface area (Å²) >= 11 is 0. The van der Waals surface area contributed by atoms with Gasteiger partial charge in [-0.25, -0.2) is 15.4 Å². The summed E-state index contributed by atoms with van der Waals surface area (Å²) in [6, 6.07) is 1.19. The summed E-state index contributed by atoms with van der Waals surface area (Å²) in [7, 11) is 0. The largest absolute Gasteiger partial charge is 0.444 e. The predicted octanol–water partition coefficient (Wildman–Crippen LogP) is 2.56. The Morgan fingerprint density at radius 2 is 1.94 bits per heavy atom. The first-order valence-electron chi connectivity index (χ1n) is 6.52. The van der Waals surface area contributed by atoms with Gasteiger partial charge in [0.15, 0.2) is 0 Å². The second kappa shape index (κ2) is 5.19. The van der Waals surface area contributed by atoms with E-state index in [1.54, 1.807) is 0 Å². The summed E-state index contributed by atoms with van der Waals surface area (Å²) in [5.74, 6) is 1.70. The molecule has 0 aromatic carbocycles. The van der Waals surface area contributed by atoms with Crippen molar-refractivity contribution in [2.75, 3.05) is 0 Å². The number of aryl methyl sites for hydroxylation is 2. The third kappa shape index (κ3) is 2.87. The van der Waals surface area contributed by atoms with Crippen LogP contribution in [0.3, 0.4) is 0 Å². The molecule has 1 aromatic rings. The van der Waals surface area contributed by atoms with Crippen LogP contribution in [0.2, 0.25) is 0 Å². The van der Waals surface area contributed by atoms with Crippen molar-refractivity contribution < 1.29 is 4.42 Å². The molecule has 0 aliphatic carbocycles. The minimum atomic E-state index is 0.593. The van der Waals surface area contributed by atoms with E-state index in [4.69, 9.17) is 4.42 Å². The lowest BCUT2D eigenvalue weighted by Crippen LogP contribution is -2.51. The van der Waals surface area contributed by atoms with Crippen molar-refractivity contribution in [2.24, 2.45) is 0 Å². The number of nitrogens with one attached hydrogen (secondary N) is 1. The third-order valence-electron chi connectivity index (χ3n) is 3.68. The highest BCUT2D eigenvalue weighted by molar-refractivity contribution is 5.05. The fraction of sp³-hybridized carbons (Fsp3) is 0.769. The van der Waals surface area contributed by atoms with E-state index in [1.807, 2.05) is 13.8 Å². The van der Waals surface area contributed by atoms with Crippen molar-refractivity contribution in [1.29, 1.82) is 0 Å². The first-order valence-corrected chi connectivity index (χ1v) is 6.52. The molecule has 1 aliphatic heterocycles. The Kier molecular flexibility index (Phi) is 3.84. The van der Waals surface area contributed by atoms with Crippen LogP contribution < -0.4 is 5.43 Å². The molecule has 2 heterocycles. The normalized spacial score (nSPS) is 26.4. The number of hydrogen-bond acceptors (Lipinski definition) is 4. The van der Waals surface area contributed by atoms with Gasteiger partial charge >= 0.3 is 0 Å². The molecule has 2 unspecified atom stereocenters. The van der Waals surface area contributed by atoms with Gasteiger partial charge in [0.25, 0.3) is 0 Å². The first kappa shape index (κ1) is 12.6. The SMILES string of the molecule is Cc1nc(CNN2C(C)CCCC2C)oc1C. The lowest BCUT2D eigenvalue weighted by atomic mass is 10.00. The lowest BCUT2D eigenvalue weighted by molar-refractivity contribution is 0.0404. The first-order chi connectivity index (χ1) is 8.08. The highest BCUT2D eigenvalue weighted by Crippen LogP contribution is 2.20. The van der Waals surface area contributed by atoms with E-state index in [1.165, 1.54) is 19.3 Å². The van der Waals surface area contributed by atoms with Gasteiger partial charge in [-0.05, 0) is 40.5 Å². The molecule has 4 nitrogen and oxygen atoms in total. The molecule has 1 fully saturated rings. The van der Waals surface area contributed by atoms with Crippen molar-refractivity contribution in [2.45, 2.75) is 65.6 Å².